The molecule has 2 rings (SSSR count). The molecule has 0 radical (unpaired) electrons. The number of hydrogen-bond acceptors (Lipinski definition) is 3. The Morgan fingerprint density at radius 1 is 1.16 bits per heavy atom. The molecule has 0 aliphatic carbocycles. The van der Waals surface area contributed by atoms with Crippen molar-refractivity contribution in [3.8, 4) is 0 Å². The molecule has 1 aromatic rings. The van der Waals surface area contributed by atoms with Crippen LogP contribution >= 0.6 is 0 Å². The summed E-state index contributed by atoms with van der Waals surface area (Å²) < 4.78 is 0. The van der Waals surface area contributed by atoms with Gasteiger partial charge in [-0.05, 0) is 56.9 Å². The van der Waals surface area contributed by atoms with Crippen molar-refractivity contribution in [2.24, 2.45) is 5.92 Å². The van der Waals surface area contributed by atoms with Gasteiger partial charge in [0.25, 0.3) is 5.91 Å². The number of amides is 3. The molecule has 0 saturated carbocycles. The highest BCUT2D eigenvalue weighted by Gasteiger charge is 2.24. The van der Waals surface area contributed by atoms with Crippen LogP contribution in [0.2, 0.25) is 0 Å². The Morgan fingerprint density at radius 3 is 2.28 bits per heavy atom. The van der Waals surface area contributed by atoms with E-state index in [1.807, 2.05) is 13.8 Å². The average molecular weight is 347 g/mol. The number of benzene rings is 1. The Kier molecular flexibility index (Phi) is 6.38. The molecule has 7 heteroatoms. The third-order valence-corrected chi connectivity index (χ3v) is 4.17. The number of carbonyl (C=O) groups is 3. The molecular formula is C18H25N3O4. The number of rotatable bonds is 5. The van der Waals surface area contributed by atoms with Crippen molar-refractivity contribution in [2.75, 3.05) is 18.4 Å². The highest BCUT2D eigenvalue weighted by atomic mass is 16.4. The normalized spacial score (nSPS) is 15.1. The number of carboxylic acid groups (broad SMARTS) is 1. The van der Waals surface area contributed by atoms with Crippen LogP contribution in [0, 0.1) is 5.92 Å². The van der Waals surface area contributed by atoms with Gasteiger partial charge < -0.3 is 20.6 Å². The number of nitrogens with one attached hydrogen (secondary N) is 2. The lowest BCUT2D eigenvalue weighted by molar-refractivity contribution is -0.138. The zero-order valence-electron chi connectivity index (χ0n) is 14.6. The van der Waals surface area contributed by atoms with Gasteiger partial charge in [0.15, 0.2) is 0 Å². The molecule has 1 saturated heterocycles. The van der Waals surface area contributed by atoms with Crippen LogP contribution in [0.4, 0.5) is 10.5 Å². The molecule has 0 aromatic heterocycles. The standard InChI is InChI=1S/C18H25N3O4/c1-12(2)19-18(25)20-15-5-3-14(4-6-15)17(24)21-9-7-13(8-10-21)11-16(22)23/h3-6,12-13H,7-11H2,1-2H3,(H,22,23)(H2,19,20,25). The molecule has 25 heavy (non-hydrogen) atoms. The first kappa shape index (κ1) is 18.8. The molecule has 1 heterocycles. The van der Waals surface area contributed by atoms with Crippen molar-refractivity contribution in [1.29, 1.82) is 0 Å². The number of anilines is 1. The van der Waals surface area contributed by atoms with Gasteiger partial charge in [0, 0.05) is 36.8 Å². The molecule has 0 atom stereocenters. The SMILES string of the molecule is CC(C)NC(=O)Nc1ccc(C(=O)N2CCC(CC(=O)O)CC2)cc1. The minimum Gasteiger partial charge on any atom is -0.481 e. The van der Waals surface area contributed by atoms with Crippen molar-refractivity contribution in [2.45, 2.75) is 39.2 Å². The highest BCUT2D eigenvalue weighted by Crippen LogP contribution is 2.22. The van der Waals surface area contributed by atoms with Gasteiger partial charge >= 0.3 is 12.0 Å². The van der Waals surface area contributed by atoms with Crippen LogP contribution in [-0.4, -0.2) is 47.0 Å². The second kappa shape index (κ2) is 8.50. The van der Waals surface area contributed by atoms with Crippen LogP contribution in [0.15, 0.2) is 24.3 Å². The molecule has 136 valence electrons. The van der Waals surface area contributed by atoms with Gasteiger partial charge in [-0.2, -0.15) is 0 Å². The van der Waals surface area contributed by atoms with Gasteiger partial charge in [0.05, 0.1) is 0 Å². The van der Waals surface area contributed by atoms with Crippen LogP contribution in [0.3, 0.4) is 0 Å². The smallest absolute Gasteiger partial charge is 0.319 e. The van der Waals surface area contributed by atoms with Crippen molar-refractivity contribution in [3.63, 3.8) is 0 Å². The third kappa shape index (κ3) is 5.77. The lowest BCUT2D eigenvalue weighted by Gasteiger charge is -2.31. The van der Waals surface area contributed by atoms with Crippen LogP contribution in [0.25, 0.3) is 0 Å². The quantitative estimate of drug-likeness (QED) is 0.762. The largest absolute Gasteiger partial charge is 0.481 e. The van der Waals surface area contributed by atoms with E-state index in [1.54, 1.807) is 29.2 Å². The van der Waals surface area contributed by atoms with E-state index < -0.39 is 5.97 Å². The summed E-state index contributed by atoms with van der Waals surface area (Å²) in [5.41, 5.74) is 1.18. The minimum atomic E-state index is -0.783. The van der Waals surface area contributed by atoms with E-state index in [-0.39, 0.29) is 30.3 Å². The van der Waals surface area contributed by atoms with Crippen LogP contribution in [0.5, 0.6) is 0 Å². The lowest BCUT2D eigenvalue weighted by atomic mass is 9.93. The van der Waals surface area contributed by atoms with Crippen molar-refractivity contribution < 1.29 is 19.5 Å². The number of carbonyl (C=O) groups excluding carboxylic acids is 2. The maximum absolute atomic E-state index is 12.5. The van der Waals surface area contributed by atoms with E-state index in [0.717, 1.165) is 0 Å². The molecule has 3 N–H and O–H groups in total. The molecule has 0 bridgehead atoms. The number of likely N-dealkylation sites (tertiary alicyclic amines) is 1. The summed E-state index contributed by atoms with van der Waals surface area (Å²) in [7, 11) is 0. The topological polar surface area (TPSA) is 98.7 Å². The number of nitrogens with zero attached hydrogens (tertiary/aromatic N) is 1. The second-order valence-electron chi connectivity index (χ2n) is 6.66. The Balaban J connectivity index is 1.88. The Labute approximate surface area is 147 Å². The predicted octanol–water partition coefficient (Wildman–Crippen LogP) is 2.54. The summed E-state index contributed by atoms with van der Waals surface area (Å²) in [6.45, 7) is 4.91. The van der Waals surface area contributed by atoms with Gasteiger partial charge in [-0.3, -0.25) is 9.59 Å². The molecule has 3 amide bonds. The fraction of sp³-hybridized carbons (Fsp3) is 0.500. The zero-order valence-corrected chi connectivity index (χ0v) is 14.6. The fourth-order valence-corrected chi connectivity index (χ4v) is 2.90. The summed E-state index contributed by atoms with van der Waals surface area (Å²) in [4.78, 5) is 36.7. The van der Waals surface area contributed by atoms with Crippen molar-refractivity contribution in [3.05, 3.63) is 29.8 Å². The van der Waals surface area contributed by atoms with Gasteiger partial charge in [-0.25, -0.2) is 4.79 Å². The number of hydrogen-bond donors (Lipinski definition) is 3. The fourth-order valence-electron chi connectivity index (χ4n) is 2.90. The second-order valence-corrected chi connectivity index (χ2v) is 6.66. The minimum absolute atomic E-state index is 0.0462. The van der Waals surface area contributed by atoms with Gasteiger partial charge in [-0.1, -0.05) is 0 Å². The highest BCUT2D eigenvalue weighted by molar-refractivity contribution is 5.95. The van der Waals surface area contributed by atoms with E-state index in [0.29, 0.717) is 37.2 Å². The summed E-state index contributed by atoms with van der Waals surface area (Å²) in [6.07, 6.45) is 1.60. The molecule has 1 aliphatic heterocycles. The molecule has 1 fully saturated rings. The number of urea groups is 1. The van der Waals surface area contributed by atoms with Gasteiger partial charge in [0.1, 0.15) is 0 Å². The summed E-state index contributed by atoms with van der Waals surface area (Å²) in [5, 5.41) is 14.3. The van der Waals surface area contributed by atoms with E-state index in [4.69, 9.17) is 5.11 Å². The van der Waals surface area contributed by atoms with E-state index in [1.165, 1.54) is 0 Å². The monoisotopic (exact) mass is 347 g/mol. The number of carboxylic acids is 1. The van der Waals surface area contributed by atoms with Crippen LogP contribution < -0.4 is 10.6 Å². The summed E-state index contributed by atoms with van der Waals surface area (Å²) in [5.74, 6) is -0.700. The van der Waals surface area contributed by atoms with Gasteiger partial charge in [0.2, 0.25) is 0 Å². The van der Waals surface area contributed by atoms with E-state index in [9.17, 15) is 14.4 Å². The third-order valence-electron chi connectivity index (χ3n) is 4.17. The first-order chi connectivity index (χ1) is 11.8. The van der Waals surface area contributed by atoms with Crippen molar-refractivity contribution >= 4 is 23.6 Å². The number of aliphatic carboxylic acids is 1. The molecule has 1 aromatic carbocycles. The molecular weight excluding hydrogens is 322 g/mol. The predicted molar refractivity (Wildman–Crippen MR) is 94.6 cm³/mol. The summed E-state index contributed by atoms with van der Waals surface area (Å²) >= 11 is 0. The number of piperidine rings is 1. The lowest BCUT2D eigenvalue weighted by Crippen LogP contribution is -2.38. The Hall–Kier alpha value is -2.57. The molecule has 1 aliphatic rings. The Morgan fingerprint density at radius 2 is 1.76 bits per heavy atom. The Bertz CT molecular complexity index is 620. The maximum Gasteiger partial charge on any atom is 0.319 e. The molecule has 7 nitrogen and oxygen atoms in total. The molecule has 0 spiro atoms. The van der Waals surface area contributed by atoms with Crippen molar-refractivity contribution in [1.82, 2.24) is 10.2 Å². The van der Waals surface area contributed by atoms with E-state index in [2.05, 4.69) is 10.6 Å². The maximum atomic E-state index is 12.5. The zero-order chi connectivity index (χ0) is 18.4. The average Bonchev–Trinajstić information content (AvgIpc) is 2.54. The van der Waals surface area contributed by atoms with E-state index >= 15 is 0 Å². The van der Waals surface area contributed by atoms with Gasteiger partial charge in [-0.15, -0.1) is 0 Å². The van der Waals surface area contributed by atoms with Crippen LogP contribution in [-0.2, 0) is 4.79 Å². The first-order valence-electron chi connectivity index (χ1n) is 8.54. The first-order valence-corrected chi connectivity index (χ1v) is 8.54. The molecule has 0 unspecified atom stereocenters. The summed E-state index contributed by atoms with van der Waals surface area (Å²) in [6, 6.07) is 6.54. The van der Waals surface area contributed by atoms with Crippen LogP contribution in [0.1, 0.15) is 43.5 Å².